The number of aromatic nitrogens is 1. The lowest BCUT2D eigenvalue weighted by atomic mass is 9.85. The van der Waals surface area contributed by atoms with E-state index in [1.54, 1.807) is 6.20 Å². The first-order valence-corrected chi connectivity index (χ1v) is 11.3. The first-order chi connectivity index (χ1) is 15.3. The highest BCUT2D eigenvalue weighted by molar-refractivity contribution is 5.88. The van der Waals surface area contributed by atoms with Gasteiger partial charge in [0.25, 0.3) is 0 Å². The van der Waals surface area contributed by atoms with Gasteiger partial charge in [0.1, 0.15) is 18.4 Å². The van der Waals surface area contributed by atoms with E-state index in [0.29, 0.717) is 18.9 Å². The molecule has 3 atom stereocenters. The van der Waals surface area contributed by atoms with Crippen LogP contribution in [0.15, 0.2) is 24.4 Å². The number of aldehydes is 1. The van der Waals surface area contributed by atoms with Crippen molar-refractivity contribution >= 4 is 24.4 Å². The Morgan fingerprint density at radius 2 is 2.03 bits per heavy atom. The van der Waals surface area contributed by atoms with E-state index in [1.165, 1.54) is 4.90 Å². The molecule has 8 heteroatoms. The molecule has 0 aliphatic carbocycles. The molecule has 0 radical (unpaired) electrons. The number of nitrogens with one attached hydrogen (secondary N) is 1. The summed E-state index contributed by atoms with van der Waals surface area (Å²) >= 11 is 0. The molecule has 2 aliphatic rings. The number of hydrogen-bond donors (Lipinski definition) is 1. The third kappa shape index (κ3) is 6.08. The smallest absolute Gasteiger partial charge is 0.407 e. The van der Waals surface area contributed by atoms with Gasteiger partial charge in [-0.05, 0) is 43.2 Å². The maximum Gasteiger partial charge on any atom is 0.407 e. The summed E-state index contributed by atoms with van der Waals surface area (Å²) in [6.45, 7) is 6.15. The highest BCUT2D eigenvalue weighted by atomic mass is 16.5. The summed E-state index contributed by atoms with van der Waals surface area (Å²) in [7, 11) is 0. The summed E-state index contributed by atoms with van der Waals surface area (Å²) in [4.78, 5) is 43.4. The zero-order chi connectivity index (χ0) is 23.1. The van der Waals surface area contributed by atoms with Crippen LogP contribution in [0.4, 0.5) is 4.79 Å². The van der Waals surface area contributed by atoms with Crippen LogP contribution in [0.2, 0.25) is 0 Å². The molecule has 1 aromatic rings. The van der Waals surface area contributed by atoms with Gasteiger partial charge in [-0.15, -0.1) is 0 Å². The van der Waals surface area contributed by atoms with Crippen molar-refractivity contribution in [1.29, 1.82) is 0 Å². The molecule has 174 valence electrons. The molecule has 2 amide bonds. The minimum absolute atomic E-state index is 0.241. The standard InChI is InChI=1S/C24H33N3O5/c1-24(2,3)20-22(29)27-15-19(14-18(27)16-28)32-21-17(11-9-12-25-21)10-7-5-4-6-8-13-31-23(30)26-20/h7,9-12,16,18-20H,4-6,8,13-15H2,1-3H3,(H,26,30)/b10-7+/t18-,19+,20+/m0/s1. The number of amides is 2. The van der Waals surface area contributed by atoms with E-state index in [-0.39, 0.29) is 18.6 Å². The Labute approximate surface area is 189 Å². The highest BCUT2D eigenvalue weighted by Crippen LogP contribution is 2.28. The number of nitrogens with zero attached hydrogens (tertiary/aromatic N) is 2. The number of pyridine rings is 1. The second-order valence-corrected chi connectivity index (χ2v) is 9.40. The van der Waals surface area contributed by atoms with Crippen molar-refractivity contribution in [3.63, 3.8) is 0 Å². The molecule has 2 bridgehead atoms. The predicted molar refractivity (Wildman–Crippen MR) is 120 cm³/mol. The van der Waals surface area contributed by atoms with Crippen molar-refractivity contribution in [3.05, 3.63) is 30.0 Å². The van der Waals surface area contributed by atoms with Gasteiger partial charge in [-0.3, -0.25) is 4.79 Å². The van der Waals surface area contributed by atoms with Crippen LogP contribution in [-0.4, -0.2) is 59.5 Å². The fourth-order valence-corrected chi connectivity index (χ4v) is 3.97. The van der Waals surface area contributed by atoms with Gasteiger partial charge in [0.2, 0.25) is 11.8 Å². The van der Waals surface area contributed by atoms with E-state index < -0.39 is 23.6 Å². The molecule has 3 heterocycles. The number of cyclic esters (lactones) is 1. The number of hydrogen-bond acceptors (Lipinski definition) is 6. The van der Waals surface area contributed by atoms with Gasteiger partial charge in [0, 0.05) is 18.2 Å². The number of carbonyl (C=O) groups is 3. The van der Waals surface area contributed by atoms with Crippen molar-refractivity contribution in [1.82, 2.24) is 15.2 Å². The molecule has 3 rings (SSSR count). The summed E-state index contributed by atoms with van der Waals surface area (Å²) < 4.78 is 11.4. The van der Waals surface area contributed by atoms with Gasteiger partial charge < -0.3 is 24.5 Å². The number of carbonyl (C=O) groups excluding carboxylic acids is 3. The lowest BCUT2D eigenvalue weighted by molar-refractivity contribution is -0.139. The minimum atomic E-state index is -0.830. The number of rotatable bonds is 1. The van der Waals surface area contributed by atoms with Crippen molar-refractivity contribution < 1.29 is 23.9 Å². The van der Waals surface area contributed by atoms with Crippen molar-refractivity contribution in [2.75, 3.05) is 13.2 Å². The third-order valence-corrected chi connectivity index (χ3v) is 5.74. The number of ether oxygens (including phenoxy) is 2. The quantitative estimate of drug-likeness (QED) is 0.669. The number of alkyl carbamates (subject to hydrolysis) is 1. The summed E-state index contributed by atoms with van der Waals surface area (Å²) in [5.74, 6) is 0.169. The fourth-order valence-electron chi connectivity index (χ4n) is 3.97. The van der Waals surface area contributed by atoms with Gasteiger partial charge >= 0.3 is 6.09 Å². The van der Waals surface area contributed by atoms with Crippen LogP contribution in [0.5, 0.6) is 5.88 Å². The minimum Gasteiger partial charge on any atom is -0.472 e. The first-order valence-electron chi connectivity index (χ1n) is 11.3. The Kier molecular flexibility index (Phi) is 7.88. The molecule has 0 aromatic carbocycles. The lowest BCUT2D eigenvalue weighted by Gasteiger charge is -2.34. The number of allylic oxidation sites excluding steroid dienone is 1. The molecule has 0 unspecified atom stereocenters. The molecule has 2 aliphatic heterocycles. The monoisotopic (exact) mass is 443 g/mol. The van der Waals surface area contributed by atoms with Gasteiger partial charge in [-0.1, -0.05) is 32.9 Å². The van der Waals surface area contributed by atoms with Gasteiger partial charge in [0.05, 0.1) is 19.2 Å². The first kappa shape index (κ1) is 23.8. The Bertz CT molecular complexity index is 848. The van der Waals surface area contributed by atoms with Crippen molar-refractivity contribution in [2.45, 2.75) is 71.1 Å². The molecular weight excluding hydrogens is 410 g/mol. The Hall–Kier alpha value is -2.90. The Balaban J connectivity index is 1.87. The predicted octanol–water partition coefficient (Wildman–Crippen LogP) is 3.36. The van der Waals surface area contributed by atoms with Crippen LogP contribution in [0, 0.1) is 5.41 Å². The van der Waals surface area contributed by atoms with Crippen LogP contribution >= 0.6 is 0 Å². The van der Waals surface area contributed by atoms with Gasteiger partial charge in [0.15, 0.2) is 0 Å². The summed E-state index contributed by atoms with van der Waals surface area (Å²) in [5.41, 5.74) is 0.298. The van der Waals surface area contributed by atoms with Gasteiger partial charge in [-0.2, -0.15) is 0 Å². The summed E-state index contributed by atoms with van der Waals surface area (Å²) in [6, 6.07) is 2.33. The van der Waals surface area contributed by atoms with E-state index in [9.17, 15) is 14.4 Å². The fraction of sp³-hybridized carbons (Fsp3) is 0.583. The average molecular weight is 444 g/mol. The maximum atomic E-state index is 13.4. The van der Waals surface area contributed by atoms with Crippen LogP contribution in [-0.2, 0) is 14.3 Å². The van der Waals surface area contributed by atoms with E-state index in [4.69, 9.17) is 9.47 Å². The second-order valence-electron chi connectivity index (χ2n) is 9.40. The zero-order valence-electron chi connectivity index (χ0n) is 19.1. The molecular formula is C24H33N3O5. The Morgan fingerprint density at radius 3 is 2.78 bits per heavy atom. The largest absolute Gasteiger partial charge is 0.472 e. The van der Waals surface area contributed by atoms with Crippen LogP contribution in [0.3, 0.4) is 0 Å². The van der Waals surface area contributed by atoms with Crippen LogP contribution in [0.1, 0.15) is 58.4 Å². The topological polar surface area (TPSA) is 97.8 Å². The normalized spacial score (nSPS) is 26.6. The van der Waals surface area contributed by atoms with Crippen molar-refractivity contribution in [3.8, 4) is 5.88 Å². The molecule has 1 fully saturated rings. The highest BCUT2D eigenvalue weighted by Gasteiger charge is 2.43. The molecule has 0 saturated carbocycles. The SMILES string of the molecule is CC(C)(C)[C@@H]1NC(=O)OCCCCC/C=C/c2cccnc2O[C@@H]2C[C@@H](C=O)N(C2)C1=O. The molecule has 1 saturated heterocycles. The van der Waals surface area contributed by atoms with Crippen LogP contribution < -0.4 is 10.1 Å². The molecule has 8 nitrogen and oxygen atoms in total. The summed E-state index contributed by atoms with van der Waals surface area (Å²) in [5, 5.41) is 2.72. The van der Waals surface area contributed by atoms with Crippen molar-refractivity contribution in [2.24, 2.45) is 5.41 Å². The van der Waals surface area contributed by atoms with E-state index in [2.05, 4.69) is 16.4 Å². The number of fused-ring (bicyclic) bond motifs is 3. The molecule has 32 heavy (non-hydrogen) atoms. The van der Waals surface area contributed by atoms with Crippen LogP contribution in [0.25, 0.3) is 6.08 Å². The summed E-state index contributed by atoms with van der Waals surface area (Å²) in [6.07, 6.45) is 9.41. The molecule has 1 N–H and O–H groups in total. The van der Waals surface area contributed by atoms with Gasteiger partial charge in [-0.25, -0.2) is 9.78 Å². The molecule has 0 spiro atoms. The lowest BCUT2D eigenvalue weighted by Crippen LogP contribution is -2.56. The maximum absolute atomic E-state index is 13.4. The average Bonchev–Trinajstić information content (AvgIpc) is 3.16. The zero-order valence-corrected chi connectivity index (χ0v) is 19.1. The van der Waals surface area contributed by atoms with E-state index in [1.807, 2.05) is 39.0 Å². The third-order valence-electron chi connectivity index (χ3n) is 5.74. The molecule has 1 aromatic heterocycles. The van der Waals surface area contributed by atoms with E-state index in [0.717, 1.165) is 37.5 Å². The second kappa shape index (κ2) is 10.6. The Morgan fingerprint density at radius 1 is 1.22 bits per heavy atom. The van der Waals surface area contributed by atoms with E-state index >= 15 is 0 Å².